The molecule has 2 aromatic carbocycles. The number of hydrogen-bond donors (Lipinski definition) is 2. The van der Waals surface area contributed by atoms with Crippen LogP contribution in [0, 0.1) is 0 Å². The molecule has 1 aliphatic heterocycles. The summed E-state index contributed by atoms with van der Waals surface area (Å²) in [6, 6.07) is 18.6. The molecule has 4 nitrogen and oxygen atoms in total. The minimum atomic E-state index is -0.513. The zero-order chi connectivity index (χ0) is 18.2. The number of hydrogen-bond acceptors (Lipinski definition) is 4. The average Bonchev–Trinajstić information content (AvgIpc) is 3.10. The molecule has 1 aliphatic rings. The molecule has 1 fully saturated rings. The van der Waals surface area contributed by atoms with Crippen LogP contribution in [0.4, 0.5) is 0 Å². The van der Waals surface area contributed by atoms with E-state index in [-0.39, 0.29) is 0 Å². The molecule has 2 N–H and O–H groups in total. The third-order valence-corrected chi connectivity index (χ3v) is 5.06. The molecule has 0 aromatic heterocycles. The van der Waals surface area contributed by atoms with Gasteiger partial charge < -0.3 is 15.2 Å². The summed E-state index contributed by atoms with van der Waals surface area (Å²) in [4.78, 5) is 2.45. The fraction of sp³-hybridized carbons (Fsp3) is 0.429. The van der Waals surface area contributed by atoms with E-state index in [1.54, 1.807) is 0 Å². The van der Waals surface area contributed by atoms with Crippen LogP contribution in [0.1, 0.15) is 17.5 Å². The quantitative estimate of drug-likeness (QED) is 0.708. The Morgan fingerprint density at radius 1 is 1.15 bits per heavy atom. The number of benzene rings is 2. The second-order valence-corrected chi connectivity index (χ2v) is 7.28. The fourth-order valence-corrected chi connectivity index (χ4v) is 3.46. The van der Waals surface area contributed by atoms with E-state index >= 15 is 0 Å². The van der Waals surface area contributed by atoms with E-state index < -0.39 is 6.10 Å². The largest absolute Gasteiger partial charge is 0.389 e. The van der Waals surface area contributed by atoms with Crippen LogP contribution in [-0.4, -0.2) is 48.4 Å². The maximum atomic E-state index is 10.1. The second kappa shape index (κ2) is 10.0. The molecule has 2 aromatic rings. The first-order valence-corrected chi connectivity index (χ1v) is 9.57. The predicted molar refractivity (Wildman–Crippen MR) is 105 cm³/mol. The van der Waals surface area contributed by atoms with Gasteiger partial charge in [-0.1, -0.05) is 60.1 Å². The van der Waals surface area contributed by atoms with E-state index in [0.717, 1.165) is 31.6 Å². The van der Waals surface area contributed by atoms with Gasteiger partial charge >= 0.3 is 0 Å². The molecule has 0 radical (unpaired) electrons. The summed E-state index contributed by atoms with van der Waals surface area (Å²) in [7, 11) is 0. The van der Waals surface area contributed by atoms with Crippen molar-refractivity contribution in [2.24, 2.45) is 0 Å². The van der Waals surface area contributed by atoms with Crippen molar-refractivity contribution in [2.75, 3.05) is 26.2 Å². The Bertz CT molecular complexity index is 668. The Labute approximate surface area is 160 Å². The maximum absolute atomic E-state index is 10.1. The zero-order valence-electron chi connectivity index (χ0n) is 15.0. The molecule has 2 atom stereocenters. The highest BCUT2D eigenvalue weighted by Crippen LogP contribution is 2.16. The third-order valence-electron chi connectivity index (χ3n) is 4.69. The first kappa shape index (κ1) is 19.3. The summed E-state index contributed by atoms with van der Waals surface area (Å²) < 4.78 is 5.59. The lowest BCUT2D eigenvalue weighted by molar-refractivity contribution is 0.0277. The van der Waals surface area contributed by atoms with E-state index in [1.807, 2.05) is 30.3 Å². The highest BCUT2D eigenvalue weighted by Gasteiger charge is 2.22. The van der Waals surface area contributed by atoms with Crippen molar-refractivity contribution >= 4 is 11.6 Å². The molecule has 0 amide bonds. The smallest absolute Gasteiger partial charge is 0.0897 e. The number of ether oxygens (including phenoxy) is 1. The summed E-state index contributed by atoms with van der Waals surface area (Å²) in [5.41, 5.74) is 2.29. The minimum absolute atomic E-state index is 0.304. The number of rotatable bonds is 9. The molecule has 0 spiro atoms. The van der Waals surface area contributed by atoms with Gasteiger partial charge in [0.05, 0.1) is 19.3 Å². The van der Waals surface area contributed by atoms with Crippen molar-refractivity contribution in [1.29, 1.82) is 0 Å². The molecular weight excluding hydrogens is 348 g/mol. The molecule has 0 aliphatic carbocycles. The van der Waals surface area contributed by atoms with Gasteiger partial charge in [0.2, 0.25) is 0 Å². The lowest BCUT2D eigenvalue weighted by atomic mass is 10.2. The normalized spacial score (nSPS) is 18.9. The fourth-order valence-electron chi connectivity index (χ4n) is 3.27. The number of aliphatic hydroxyl groups excluding tert-OH is 1. The molecule has 26 heavy (non-hydrogen) atoms. The summed E-state index contributed by atoms with van der Waals surface area (Å²) in [6.45, 7) is 4.37. The van der Waals surface area contributed by atoms with Crippen molar-refractivity contribution in [3.63, 3.8) is 0 Å². The predicted octanol–water partition coefficient (Wildman–Crippen LogP) is 3.08. The van der Waals surface area contributed by atoms with Crippen molar-refractivity contribution < 1.29 is 9.84 Å². The zero-order valence-corrected chi connectivity index (χ0v) is 15.7. The lowest BCUT2D eigenvalue weighted by Crippen LogP contribution is -2.39. The Balaban J connectivity index is 1.31. The first-order chi connectivity index (χ1) is 12.7. The Morgan fingerprint density at radius 2 is 1.92 bits per heavy atom. The Morgan fingerprint density at radius 3 is 2.73 bits per heavy atom. The molecule has 1 heterocycles. The van der Waals surface area contributed by atoms with Gasteiger partial charge in [0.25, 0.3) is 0 Å². The standard InChI is InChI=1S/C21H27ClN2O2/c22-21-9-5-4-8-18(21)15-26-16-20(25)12-23-19-10-11-24(14-19)13-17-6-2-1-3-7-17/h1-9,19-20,23,25H,10-16H2/t19-,20+/m0/s1. The molecule has 140 valence electrons. The number of nitrogens with zero attached hydrogens (tertiary/aromatic N) is 1. The van der Waals surface area contributed by atoms with E-state index in [9.17, 15) is 5.11 Å². The molecule has 3 rings (SSSR count). The van der Waals surface area contributed by atoms with E-state index in [1.165, 1.54) is 5.56 Å². The highest BCUT2D eigenvalue weighted by atomic mass is 35.5. The van der Waals surface area contributed by atoms with Crippen LogP contribution in [0.5, 0.6) is 0 Å². The van der Waals surface area contributed by atoms with Crippen LogP contribution in [0.3, 0.4) is 0 Å². The number of aliphatic hydroxyl groups is 1. The van der Waals surface area contributed by atoms with Crippen LogP contribution >= 0.6 is 11.6 Å². The Kier molecular flexibility index (Phi) is 7.47. The molecule has 5 heteroatoms. The summed E-state index contributed by atoms with van der Waals surface area (Å²) in [5, 5.41) is 14.3. The molecular formula is C21H27ClN2O2. The number of likely N-dealkylation sites (tertiary alicyclic amines) is 1. The monoisotopic (exact) mass is 374 g/mol. The average molecular weight is 375 g/mol. The van der Waals surface area contributed by atoms with Gasteiger partial charge in [-0.25, -0.2) is 0 Å². The topological polar surface area (TPSA) is 44.7 Å². The van der Waals surface area contributed by atoms with Crippen LogP contribution < -0.4 is 5.32 Å². The van der Waals surface area contributed by atoms with E-state index in [0.29, 0.717) is 30.8 Å². The number of nitrogens with one attached hydrogen (secondary N) is 1. The first-order valence-electron chi connectivity index (χ1n) is 9.19. The summed E-state index contributed by atoms with van der Waals surface area (Å²) in [5.74, 6) is 0. The van der Waals surface area contributed by atoms with Crippen molar-refractivity contribution in [2.45, 2.75) is 31.7 Å². The lowest BCUT2D eigenvalue weighted by Gasteiger charge is -2.18. The van der Waals surface area contributed by atoms with Crippen LogP contribution in [0.15, 0.2) is 54.6 Å². The van der Waals surface area contributed by atoms with Crippen LogP contribution in [-0.2, 0) is 17.9 Å². The summed E-state index contributed by atoms with van der Waals surface area (Å²) in [6.07, 6.45) is 0.598. The maximum Gasteiger partial charge on any atom is 0.0897 e. The van der Waals surface area contributed by atoms with Gasteiger partial charge in [0.1, 0.15) is 0 Å². The molecule has 0 bridgehead atoms. The van der Waals surface area contributed by atoms with Crippen molar-refractivity contribution in [1.82, 2.24) is 10.2 Å². The molecule has 0 unspecified atom stereocenters. The third kappa shape index (κ3) is 6.08. The highest BCUT2D eigenvalue weighted by molar-refractivity contribution is 6.31. The summed E-state index contributed by atoms with van der Waals surface area (Å²) >= 11 is 6.10. The van der Waals surface area contributed by atoms with E-state index in [4.69, 9.17) is 16.3 Å². The van der Waals surface area contributed by atoms with Crippen LogP contribution in [0.25, 0.3) is 0 Å². The van der Waals surface area contributed by atoms with Gasteiger partial charge in [-0.15, -0.1) is 0 Å². The van der Waals surface area contributed by atoms with Crippen molar-refractivity contribution in [3.8, 4) is 0 Å². The Hall–Kier alpha value is -1.43. The second-order valence-electron chi connectivity index (χ2n) is 6.87. The molecule has 0 saturated carbocycles. The molecule has 1 saturated heterocycles. The van der Waals surface area contributed by atoms with Gasteiger partial charge in [-0.2, -0.15) is 0 Å². The van der Waals surface area contributed by atoms with E-state index in [2.05, 4.69) is 34.5 Å². The SMILES string of the molecule is O[C@H](CN[C@H]1CCN(Cc2ccccc2)C1)COCc1ccccc1Cl. The minimum Gasteiger partial charge on any atom is -0.389 e. The van der Waals surface area contributed by atoms with Gasteiger partial charge in [0.15, 0.2) is 0 Å². The van der Waals surface area contributed by atoms with Gasteiger partial charge in [-0.3, -0.25) is 4.90 Å². The van der Waals surface area contributed by atoms with Crippen molar-refractivity contribution in [3.05, 3.63) is 70.7 Å². The van der Waals surface area contributed by atoms with Gasteiger partial charge in [0, 0.05) is 37.2 Å². The van der Waals surface area contributed by atoms with Gasteiger partial charge in [-0.05, 0) is 23.6 Å². The van der Waals surface area contributed by atoms with Crippen LogP contribution in [0.2, 0.25) is 5.02 Å². The number of halogens is 1.